The molecule has 2 aromatic carbocycles. The van der Waals surface area contributed by atoms with Crippen LogP contribution in [-0.2, 0) is 20.7 Å². The number of fused-ring (bicyclic) bond motifs is 1. The average molecular weight is 393 g/mol. The predicted molar refractivity (Wildman–Crippen MR) is 105 cm³/mol. The van der Waals surface area contributed by atoms with E-state index in [9.17, 15) is 14.4 Å². The first-order valence-corrected chi connectivity index (χ1v) is 9.86. The Labute approximate surface area is 169 Å². The molecule has 1 heterocycles. The van der Waals surface area contributed by atoms with Gasteiger partial charge in [-0.15, -0.1) is 0 Å². The summed E-state index contributed by atoms with van der Waals surface area (Å²) in [5, 5.41) is 2.85. The maximum Gasteiger partial charge on any atom is 0.339 e. The number of ether oxygens (including phenoxy) is 2. The van der Waals surface area contributed by atoms with E-state index in [0.717, 1.165) is 24.0 Å². The van der Waals surface area contributed by atoms with E-state index < -0.39 is 18.0 Å². The van der Waals surface area contributed by atoms with Crippen LogP contribution in [0.25, 0.3) is 0 Å². The van der Waals surface area contributed by atoms with E-state index in [1.165, 1.54) is 6.07 Å². The molecule has 150 valence electrons. The van der Waals surface area contributed by atoms with Crippen molar-refractivity contribution in [2.75, 3.05) is 6.61 Å². The molecule has 6 heteroatoms. The summed E-state index contributed by atoms with van der Waals surface area (Å²) in [5.74, 6) is -0.762. The van der Waals surface area contributed by atoms with Gasteiger partial charge in [0.05, 0.1) is 11.1 Å². The van der Waals surface area contributed by atoms with Gasteiger partial charge in [0, 0.05) is 12.5 Å². The molecule has 0 unspecified atom stereocenters. The van der Waals surface area contributed by atoms with Gasteiger partial charge >= 0.3 is 11.9 Å². The zero-order valence-corrected chi connectivity index (χ0v) is 16.2. The summed E-state index contributed by atoms with van der Waals surface area (Å²) < 4.78 is 10.7. The van der Waals surface area contributed by atoms with Crippen LogP contribution < -0.4 is 5.32 Å². The van der Waals surface area contributed by atoms with Gasteiger partial charge in [-0.05, 0) is 55.0 Å². The highest BCUT2D eigenvalue weighted by atomic mass is 16.5. The Balaban J connectivity index is 1.41. The van der Waals surface area contributed by atoms with Crippen molar-refractivity contribution in [3.8, 4) is 0 Å². The Morgan fingerprint density at radius 1 is 1.17 bits per heavy atom. The van der Waals surface area contributed by atoms with Gasteiger partial charge in [-0.1, -0.05) is 30.3 Å². The van der Waals surface area contributed by atoms with Crippen molar-refractivity contribution in [1.29, 1.82) is 0 Å². The van der Waals surface area contributed by atoms with Crippen molar-refractivity contribution < 1.29 is 23.9 Å². The summed E-state index contributed by atoms with van der Waals surface area (Å²) in [6.07, 6.45) is 2.34. The molecule has 0 aromatic heterocycles. The maximum atomic E-state index is 12.4. The van der Waals surface area contributed by atoms with Gasteiger partial charge in [0.2, 0.25) is 0 Å². The third-order valence-corrected chi connectivity index (χ3v) is 5.44. The average Bonchev–Trinajstić information content (AvgIpc) is 3.57. The van der Waals surface area contributed by atoms with Crippen molar-refractivity contribution in [2.45, 2.75) is 38.3 Å². The molecule has 6 nitrogen and oxygen atoms in total. The lowest BCUT2D eigenvalue weighted by Crippen LogP contribution is -2.37. The molecule has 2 aromatic rings. The maximum absolute atomic E-state index is 12.4. The van der Waals surface area contributed by atoms with E-state index in [-0.39, 0.29) is 18.6 Å². The van der Waals surface area contributed by atoms with Crippen molar-refractivity contribution in [2.24, 2.45) is 5.92 Å². The molecule has 2 atom stereocenters. The quantitative estimate of drug-likeness (QED) is 0.762. The summed E-state index contributed by atoms with van der Waals surface area (Å²) in [4.78, 5) is 36.7. The topological polar surface area (TPSA) is 81.7 Å². The summed E-state index contributed by atoms with van der Waals surface area (Å²) in [7, 11) is 0. The fourth-order valence-electron chi connectivity index (χ4n) is 3.60. The molecule has 0 bridgehead atoms. The minimum atomic E-state index is -0.586. The Bertz CT molecular complexity index is 936. The number of carbonyl (C=O) groups excluding carboxylic acids is 3. The van der Waals surface area contributed by atoms with Crippen LogP contribution in [0, 0.1) is 5.92 Å². The summed E-state index contributed by atoms with van der Waals surface area (Å²) in [6, 6.07) is 14.3. The molecule has 1 saturated carbocycles. The first-order chi connectivity index (χ1) is 14.0. The summed E-state index contributed by atoms with van der Waals surface area (Å²) in [6.45, 7) is 1.64. The lowest BCUT2D eigenvalue weighted by atomic mass is 9.93. The molecule has 1 fully saturated rings. The van der Waals surface area contributed by atoms with Gasteiger partial charge in [0.25, 0.3) is 5.91 Å². The molecule has 1 N–H and O–H groups in total. The van der Waals surface area contributed by atoms with E-state index in [1.807, 2.05) is 37.3 Å². The van der Waals surface area contributed by atoms with Crippen LogP contribution in [0.4, 0.5) is 0 Å². The number of hydrogen-bond donors (Lipinski definition) is 1. The van der Waals surface area contributed by atoms with E-state index in [2.05, 4.69) is 5.32 Å². The highest BCUT2D eigenvalue weighted by Gasteiger charge is 2.30. The van der Waals surface area contributed by atoms with E-state index in [0.29, 0.717) is 23.5 Å². The second-order valence-corrected chi connectivity index (χ2v) is 7.65. The highest BCUT2D eigenvalue weighted by Crippen LogP contribution is 2.32. The number of nitrogens with one attached hydrogen (secondary N) is 1. The molecule has 0 spiro atoms. The van der Waals surface area contributed by atoms with Crippen molar-refractivity contribution in [3.63, 3.8) is 0 Å². The normalized spacial score (nSPS) is 18.9. The minimum absolute atomic E-state index is 0.103. The Morgan fingerprint density at radius 3 is 2.66 bits per heavy atom. The molecule has 1 amide bonds. The molecule has 0 saturated heterocycles. The van der Waals surface area contributed by atoms with Crippen molar-refractivity contribution in [3.05, 3.63) is 70.8 Å². The van der Waals surface area contributed by atoms with Gasteiger partial charge in [-0.25, -0.2) is 9.59 Å². The van der Waals surface area contributed by atoms with Crippen LogP contribution in [0.2, 0.25) is 0 Å². The smallest absolute Gasteiger partial charge is 0.339 e. The number of rotatable bonds is 6. The minimum Gasteiger partial charge on any atom is -0.454 e. The lowest BCUT2D eigenvalue weighted by molar-refractivity contribution is -0.124. The van der Waals surface area contributed by atoms with Crippen LogP contribution in [-0.4, -0.2) is 30.5 Å². The van der Waals surface area contributed by atoms with E-state index in [1.54, 1.807) is 12.1 Å². The van der Waals surface area contributed by atoms with Gasteiger partial charge in [0.1, 0.15) is 6.10 Å². The third-order valence-electron chi connectivity index (χ3n) is 5.44. The van der Waals surface area contributed by atoms with Gasteiger partial charge in [-0.3, -0.25) is 4.79 Å². The Hall–Kier alpha value is -3.15. The van der Waals surface area contributed by atoms with E-state index in [4.69, 9.17) is 9.47 Å². The molecular weight excluding hydrogens is 370 g/mol. The van der Waals surface area contributed by atoms with Crippen LogP contribution in [0.5, 0.6) is 0 Å². The second kappa shape index (κ2) is 8.07. The first-order valence-electron chi connectivity index (χ1n) is 9.86. The van der Waals surface area contributed by atoms with Gasteiger partial charge in [-0.2, -0.15) is 0 Å². The Kier molecular flexibility index (Phi) is 5.34. The molecule has 29 heavy (non-hydrogen) atoms. The fourth-order valence-corrected chi connectivity index (χ4v) is 3.60. The molecule has 1 aliphatic heterocycles. The SMILES string of the molecule is C[C@H](NC(=O)COC(=O)c1ccc2c(c1)C[C@H](c1ccccc1)OC2=O)C1CC1. The number of hydrogen-bond acceptors (Lipinski definition) is 5. The standard InChI is InChI=1S/C23H23NO5/c1-14(15-7-8-15)24-21(25)13-28-22(26)17-9-10-19-18(11-17)12-20(29-23(19)27)16-5-3-2-4-6-16/h2-6,9-11,14-15,20H,7-8,12-13H2,1H3,(H,24,25)/t14-,20+/m0/s1. The monoisotopic (exact) mass is 393 g/mol. The van der Waals surface area contributed by atoms with Crippen LogP contribution in [0.1, 0.15) is 57.7 Å². The fraction of sp³-hybridized carbons (Fsp3) is 0.348. The second-order valence-electron chi connectivity index (χ2n) is 7.65. The number of esters is 2. The molecule has 4 rings (SSSR count). The zero-order valence-electron chi connectivity index (χ0n) is 16.2. The lowest BCUT2D eigenvalue weighted by Gasteiger charge is -2.25. The van der Waals surface area contributed by atoms with Gasteiger partial charge in [0.15, 0.2) is 6.61 Å². The highest BCUT2D eigenvalue weighted by molar-refractivity contribution is 5.96. The molecule has 0 radical (unpaired) electrons. The first kappa shape index (κ1) is 19.2. The number of amides is 1. The number of carbonyl (C=O) groups is 3. The Morgan fingerprint density at radius 2 is 1.93 bits per heavy atom. The van der Waals surface area contributed by atoms with Gasteiger partial charge < -0.3 is 14.8 Å². The van der Waals surface area contributed by atoms with Crippen LogP contribution in [0.15, 0.2) is 48.5 Å². The summed E-state index contributed by atoms with van der Waals surface area (Å²) in [5.41, 5.74) is 2.40. The molecule has 1 aliphatic carbocycles. The molecular formula is C23H23NO5. The van der Waals surface area contributed by atoms with Crippen molar-refractivity contribution >= 4 is 17.8 Å². The van der Waals surface area contributed by atoms with Crippen LogP contribution in [0.3, 0.4) is 0 Å². The van der Waals surface area contributed by atoms with E-state index >= 15 is 0 Å². The molecule has 2 aliphatic rings. The predicted octanol–water partition coefficient (Wildman–Crippen LogP) is 3.21. The number of benzene rings is 2. The zero-order chi connectivity index (χ0) is 20.4. The van der Waals surface area contributed by atoms with Crippen LogP contribution >= 0.6 is 0 Å². The summed E-state index contributed by atoms with van der Waals surface area (Å²) >= 11 is 0. The van der Waals surface area contributed by atoms with Crippen molar-refractivity contribution in [1.82, 2.24) is 5.32 Å². The largest absolute Gasteiger partial charge is 0.454 e. The number of cyclic esters (lactones) is 1. The third kappa shape index (κ3) is 4.47.